The maximum absolute atomic E-state index is 13.8. The Morgan fingerprint density at radius 3 is 2.82 bits per heavy atom. The van der Waals surface area contributed by atoms with Gasteiger partial charge in [-0.2, -0.15) is 0 Å². The molecule has 0 fully saturated rings. The van der Waals surface area contributed by atoms with Crippen molar-refractivity contribution in [1.82, 2.24) is 14.9 Å². The molecule has 0 saturated heterocycles. The van der Waals surface area contributed by atoms with E-state index in [-0.39, 0.29) is 11.5 Å². The summed E-state index contributed by atoms with van der Waals surface area (Å²) in [6, 6.07) is 12.7. The summed E-state index contributed by atoms with van der Waals surface area (Å²) in [4.78, 5) is 30.0. The Hall–Kier alpha value is -2.71. The maximum atomic E-state index is 13.8. The minimum absolute atomic E-state index is 0.199. The van der Waals surface area contributed by atoms with Gasteiger partial charge in [-0.15, -0.1) is 0 Å². The number of amides is 1. The average molecular weight is 401 g/mol. The number of nitrogens with one attached hydrogen (secondary N) is 1. The Kier molecular flexibility index (Phi) is 6.43. The first-order valence-corrected chi connectivity index (χ1v) is 9.60. The molecule has 2 aromatic carbocycles. The number of methoxy groups -OCH3 is 1. The van der Waals surface area contributed by atoms with Gasteiger partial charge in [-0.1, -0.05) is 30.0 Å². The lowest BCUT2D eigenvalue weighted by Gasteiger charge is -2.16. The second-order valence-electron chi connectivity index (χ2n) is 6.08. The number of fused-ring (bicyclic) bond motifs is 1. The molecule has 1 amide bonds. The van der Waals surface area contributed by atoms with Crippen LogP contribution < -0.4 is 10.9 Å². The Morgan fingerprint density at radius 1 is 1.29 bits per heavy atom. The van der Waals surface area contributed by atoms with Crippen LogP contribution in [0.2, 0.25) is 0 Å². The molecule has 3 rings (SSSR count). The predicted molar refractivity (Wildman–Crippen MR) is 108 cm³/mol. The number of carbonyl (C=O) groups is 1. The third-order valence-electron chi connectivity index (χ3n) is 4.07. The number of ether oxygens (including phenoxy) is 1. The second kappa shape index (κ2) is 8.99. The summed E-state index contributed by atoms with van der Waals surface area (Å²) in [7, 11) is 1.56. The summed E-state index contributed by atoms with van der Waals surface area (Å²) < 4.78 is 20.0. The van der Waals surface area contributed by atoms with Gasteiger partial charge in [0.1, 0.15) is 5.82 Å². The van der Waals surface area contributed by atoms with Gasteiger partial charge in [0, 0.05) is 13.7 Å². The topological polar surface area (TPSA) is 73.2 Å². The highest BCUT2D eigenvalue weighted by atomic mass is 32.2. The van der Waals surface area contributed by atoms with Crippen LogP contribution in [0, 0.1) is 5.82 Å². The molecule has 1 aromatic heterocycles. The quantitative estimate of drug-likeness (QED) is 0.374. The van der Waals surface area contributed by atoms with E-state index in [9.17, 15) is 14.0 Å². The number of para-hydroxylation sites is 1. The van der Waals surface area contributed by atoms with Crippen molar-refractivity contribution in [3.8, 4) is 5.69 Å². The van der Waals surface area contributed by atoms with Gasteiger partial charge in [-0.05, 0) is 37.3 Å². The monoisotopic (exact) mass is 401 g/mol. The number of aromatic nitrogens is 2. The molecule has 0 aliphatic heterocycles. The molecule has 1 atom stereocenters. The van der Waals surface area contributed by atoms with Crippen LogP contribution in [0.5, 0.6) is 0 Å². The molecule has 3 aromatic rings. The standard InChI is InChI=1S/C20H20FN3O3S/c1-13(18(25)22-10-11-27-2)28-20-23-17-9-4-3-8-16(17)19(26)24(20)15-7-5-6-14(21)12-15/h3-9,12-13H,10-11H2,1-2H3,(H,22,25). The van der Waals surface area contributed by atoms with E-state index in [1.54, 1.807) is 44.4 Å². The molecule has 1 unspecified atom stereocenters. The molecule has 1 N–H and O–H groups in total. The Morgan fingerprint density at radius 2 is 2.07 bits per heavy atom. The smallest absolute Gasteiger partial charge is 0.266 e. The van der Waals surface area contributed by atoms with Crippen molar-refractivity contribution in [3.05, 3.63) is 64.7 Å². The number of rotatable bonds is 7. The van der Waals surface area contributed by atoms with Crippen LogP contribution in [0.25, 0.3) is 16.6 Å². The molecule has 8 heteroatoms. The summed E-state index contributed by atoms with van der Waals surface area (Å²) >= 11 is 1.14. The van der Waals surface area contributed by atoms with Crippen LogP contribution in [0.4, 0.5) is 4.39 Å². The zero-order chi connectivity index (χ0) is 20.1. The lowest BCUT2D eigenvalue weighted by molar-refractivity contribution is -0.120. The molecule has 0 aliphatic rings. The SMILES string of the molecule is COCCNC(=O)C(C)Sc1nc2ccccc2c(=O)n1-c1cccc(F)c1. The number of hydrogen-bond donors (Lipinski definition) is 1. The van der Waals surface area contributed by atoms with E-state index in [4.69, 9.17) is 4.74 Å². The number of carbonyl (C=O) groups excluding carboxylic acids is 1. The van der Waals surface area contributed by atoms with Gasteiger partial charge in [0.15, 0.2) is 5.16 Å². The van der Waals surface area contributed by atoms with Crippen LogP contribution in [-0.2, 0) is 9.53 Å². The minimum atomic E-state index is -0.510. The van der Waals surface area contributed by atoms with Crippen LogP contribution >= 0.6 is 11.8 Å². The Labute approximate surface area is 165 Å². The number of thioether (sulfide) groups is 1. The van der Waals surface area contributed by atoms with E-state index in [2.05, 4.69) is 10.3 Å². The third kappa shape index (κ3) is 4.40. The van der Waals surface area contributed by atoms with Crippen molar-refractivity contribution in [3.63, 3.8) is 0 Å². The van der Waals surface area contributed by atoms with Crippen molar-refractivity contribution in [1.29, 1.82) is 0 Å². The molecule has 0 saturated carbocycles. The zero-order valence-electron chi connectivity index (χ0n) is 15.5. The van der Waals surface area contributed by atoms with Crippen molar-refractivity contribution in [2.24, 2.45) is 0 Å². The van der Waals surface area contributed by atoms with Gasteiger partial charge in [-0.25, -0.2) is 9.37 Å². The molecule has 0 spiro atoms. The summed E-state index contributed by atoms with van der Waals surface area (Å²) in [5.74, 6) is -0.658. The van der Waals surface area contributed by atoms with Crippen molar-refractivity contribution < 1.29 is 13.9 Å². The largest absolute Gasteiger partial charge is 0.383 e. The average Bonchev–Trinajstić information content (AvgIpc) is 2.68. The number of halogens is 1. The molecule has 6 nitrogen and oxygen atoms in total. The minimum Gasteiger partial charge on any atom is -0.383 e. The first kappa shape index (κ1) is 20.0. The van der Waals surface area contributed by atoms with Gasteiger partial charge < -0.3 is 10.1 Å². The van der Waals surface area contributed by atoms with Crippen LogP contribution in [0.3, 0.4) is 0 Å². The number of hydrogen-bond acceptors (Lipinski definition) is 5. The molecule has 0 radical (unpaired) electrons. The summed E-state index contributed by atoms with van der Waals surface area (Å²) in [5, 5.41) is 3.00. The van der Waals surface area contributed by atoms with Gasteiger partial charge in [0.05, 0.1) is 28.4 Å². The van der Waals surface area contributed by atoms with E-state index < -0.39 is 11.1 Å². The fourth-order valence-electron chi connectivity index (χ4n) is 2.67. The lowest BCUT2D eigenvalue weighted by atomic mass is 10.2. The Balaban J connectivity index is 2.04. The fourth-order valence-corrected chi connectivity index (χ4v) is 3.62. The first-order chi connectivity index (χ1) is 13.5. The highest BCUT2D eigenvalue weighted by Crippen LogP contribution is 2.25. The van der Waals surface area contributed by atoms with E-state index >= 15 is 0 Å². The highest BCUT2D eigenvalue weighted by molar-refractivity contribution is 8.00. The normalized spacial score (nSPS) is 12.1. The molecule has 0 aliphatic carbocycles. The van der Waals surface area contributed by atoms with Gasteiger partial charge in [0.2, 0.25) is 5.91 Å². The van der Waals surface area contributed by atoms with Crippen molar-refractivity contribution in [2.45, 2.75) is 17.3 Å². The zero-order valence-corrected chi connectivity index (χ0v) is 16.3. The van der Waals surface area contributed by atoms with Gasteiger partial charge in [0.25, 0.3) is 5.56 Å². The van der Waals surface area contributed by atoms with Gasteiger partial charge in [-0.3, -0.25) is 14.2 Å². The fraction of sp³-hybridized carbons (Fsp3) is 0.250. The molecule has 28 heavy (non-hydrogen) atoms. The van der Waals surface area contributed by atoms with Crippen molar-refractivity contribution in [2.75, 3.05) is 20.3 Å². The molecule has 0 bridgehead atoms. The number of nitrogens with zero attached hydrogens (tertiary/aromatic N) is 2. The second-order valence-corrected chi connectivity index (χ2v) is 7.38. The van der Waals surface area contributed by atoms with E-state index in [1.807, 2.05) is 0 Å². The summed E-state index contributed by atoms with van der Waals surface area (Å²) in [5.41, 5.74) is 0.568. The number of benzene rings is 2. The maximum Gasteiger partial charge on any atom is 0.266 e. The molecular formula is C20H20FN3O3S. The predicted octanol–water partition coefficient (Wildman–Crippen LogP) is 2.77. The van der Waals surface area contributed by atoms with E-state index in [0.717, 1.165) is 11.8 Å². The molecule has 146 valence electrons. The van der Waals surface area contributed by atoms with Crippen LogP contribution in [0.15, 0.2) is 58.5 Å². The van der Waals surface area contributed by atoms with Gasteiger partial charge >= 0.3 is 0 Å². The van der Waals surface area contributed by atoms with E-state index in [1.165, 1.54) is 22.8 Å². The highest BCUT2D eigenvalue weighted by Gasteiger charge is 2.20. The Bertz CT molecular complexity index is 1050. The van der Waals surface area contributed by atoms with Crippen molar-refractivity contribution >= 4 is 28.6 Å². The van der Waals surface area contributed by atoms with Crippen LogP contribution in [0.1, 0.15) is 6.92 Å². The molecule has 1 heterocycles. The summed E-state index contributed by atoms with van der Waals surface area (Å²) in [6.45, 7) is 2.53. The molecular weight excluding hydrogens is 381 g/mol. The lowest BCUT2D eigenvalue weighted by Crippen LogP contribution is -2.34. The van der Waals surface area contributed by atoms with E-state index in [0.29, 0.717) is 34.9 Å². The third-order valence-corrected chi connectivity index (χ3v) is 5.12. The first-order valence-electron chi connectivity index (χ1n) is 8.72. The van der Waals surface area contributed by atoms with Crippen LogP contribution in [-0.4, -0.2) is 41.0 Å². The summed E-state index contributed by atoms with van der Waals surface area (Å²) in [6.07, 6.45) is 0.